The van der Waals surface area contributed by atoms with Crippen molar-refractivity contribution in [1.29, 1.82) is 0 Å². The highest BCUT2D eigenvalue weighted by Gasteiger charge is 2.03. The predicted molar refractivity (Wildman–Crippen MR) is 60.1 cm³/mol. The van der Waals surface area contributed by atoms with Gasteiger partial charge in [-0.25, -0.2) is 4.98 Å². The molecular formula is C10H10BrN3O. The van der Waals surface area contributed by atoms with Gasteiger partial charge in [0.05, 0.1) is 0 Å². The SMILES string of the molecule is Cc1cc(Oc2cc(C)c(Br)cn2)n[nH]1. The summed E-state index contributed by atoms with van der Waals surface area (Å²) < 4.78 is 6.43. The summed E-state index contributed by atoms with van der Waals surface area (Å²) >= 11 is 3.38. The summed E-state index contributed by atoms with van der Waals surface area (Å²) in [5.74, 6) is 1.07. The zero-order valence-electron chi connectivity index (χ0n) is 8.41. The van der Waals surface area contributed by atoms with Crippen molar-refractivity contribution in [3.63, 3.8) is 0 Å². The summed E-state index contributed by atoms with van der Waals surface area (Å²) in [6.07, 6.45) is 1.71. The largest absolute Gasteiger partial charge is 0.419 e. The van der Waals surface area contributed by atoms with Gasteiger partial charge in [0.1, 0.15) is 0 Å². The zero-order chi connectivity index (χ0) is 10.8. The third-order valence-electron chi connectivity index (χ3n) is 1.91. The van der Waals surface area contributed by atoms with Gasteiger partial charge < -0.3 is 4.74 Å². The topological polar surface area (TPSA) is 50.8 Å². The lowest BCUT2D eigenvalue weighted by atomic mass is 10.3. The van der Waals surface area contributed by atoms with Crippen LogP contribution in [0.3, 0.4) is 0 Å². The zero-order valence-corrected chi connectivity index (χ0v) is 10.00. The Hall–Kier alpha value is -1.36. The van der Waals surface area contributed by atoms with E-state index < -0.39 is 0 Å². The number of aromatic nitrogens is 3. The molecule has 0 saturated heterocycles. The van der Waals surface area contributed by atoms with Gasteiger partial charge in [-0.05, 0) is 35.3 Å². The minimum Gasteiger partial charge on any atom is -0.419 e. The van der Waals surface area contributed by atoms with Gasteiger partial charge in [0.2, 0.25) is 11.8 Å². The lowest BCUT2D eigenvalue weighted by Gasteiger charge is -2.02. The van der Waals surface area contributed by atoms with Crippen LogP contribution in [-0.2, 0) is 0 Å². The maximum absolute atomic E-state index is 5.46. The average Bonchev–Trinajstić information content (AvgIpc) is 2.58. The van der Waals surface area contributed by atoms with E-state index in [1.807, 2.05) is 26.0 Å². The molecule has 2 rings (SSSR count). The second kappa shape index (κ2) is 4.02. The third kappa shape index (κ3) is 2.36. The van der Waals surface area contributed by atoms with E-state index in [9.17, 15) is 0 Å². The van der Waals surface area contributed by atoms with E-state index in [2.05, 4.69) is 31.1 Å². The number of H-pyrrole nitrogens is 1. The standard InChI is InChI=1S/C10H10BrN3O/c1-6-3-9(12-5-8(6)11)15-10-4-7(2)13-14-10/h3-5H,1-2H3,(H,13,14). The van der Waals surface area contributed by atoms with Crippen LogP contribution in [0.5, 0.6) is 11.8 Å². The summed E-state index contributed by atoms with van der Waals surface area (Å²) in [4.78, 5) is 4.12. The molecule has 1 N–H and O–H groups in total. The Morgan fingerprint density at radius 1 is 1.27 bits per heavy atom. The Balaban J connectivity index is 2.21. The Kier molecular flexibility index (Phi) is 2.73. The van der Waals surface area contributed by atoms with Crippen LogP contribution < -0.4 is 4.74 Å². The summed E-state index contributed by atoms with van der Waals surface area (Å²) in [6, 6.07) is 3.67. The first kappa shape index (κ1) is 10.2. The Morgan fingerprint density at radius 3 is 2.67 bits per heavy atom. The fraction of sp³-hybridized carbons (Fsp3) is 0.200. The van der Waals surface area contributed by atoms with Crippen LogP contribution >= 0.6 is 15.9 Å². The summed E-state index contributed by atoms with van der Waals surface area (Å²) in [5, 5.41) is 6.77. The number of halogens is 1. The molecule has 0 aliphatic heterocycles. The maximum atomic E-state index is 5.46. The van der Waals surface area contributed by atoms with Crippen LogP contribution in [0.4, 0.5) is 0 Å². The first-order valence-electron chi connectivity index (χ1n) is 4.47. The van der Waals surface area contributed by atoms with Crippen LogP contribution in [0.2, 0.25) is 0 Å². The molecule has 5 heteroatoms. The number of pyridine rings is 1. The van der Waals surface area contributed by atoms with E-state index in [0.717, 1.165) is 15.7 Å². The van der Waals surface area contributed by atoms with E-state index in [4.69, 9.17) is 4.74 Å². The van der Waals surface area contributed by atoms with E-state index in [-0.39, 0.29) is 0 Å². The molecule has 2 heterocycles. The molecule has 0 aliphatic carbocycles. The van der Waals surface area contributed by atoms with E-state index in [1.54, 1.807) is 6.20 Å². The van der Waals surface area contributed by atoms with Gasteiger partial charge >= 0.3 is 0 Å². The third-order valence-corrected chi connectivity index (χ3v) is 2.74. The molecule has 0 aromatic carbocycles. The van der Waals surface area contributed by atoms with Crippen molar-refractivity contribution in [1.82, 2.24) is 15.2 Å². The van der Waals surface area contributed by atoms with Crippen molar-refractivity contribution < 1.29 is 4.74 Å². The highest BCUT2D eigenvalue weighted by Crippen LogP contribution is 2.22. The van der Waals surface area contributed by atoms with E-state index in [1.165, 1.54) is 0 Å². The van der Waals surface area contributed by atoms with Crippen molar-refractivity contribution >= 4 is 15.9 Å². The second-order valence-electron chi connectivity index (χ2n) is 3.26. The lowest BCUT2D eigenvalue weighted by Crippen LogP contribution is -1.89. The van der Waals surface area contributed by atoms with Gasteiger partial charge in [-0.2, -0.15) is 0 Å². The molecule has 0 saturated carbocycles. The van der Waals surface area contributed by atoms with Crippen LogP contribution in [0.15, 0.2) is 22.8 Å². The van der Waals surface area contributed by atoms with Crippen LogP contribution in [0.1, 0.15) is 11.3 Å². The fourth-order valence-corrected chi connectivity index (χ4v) is 1.34. The summed E-state index contributed by atoms with van der Waals surface area (Å²) in [6.45, 7) is 3.90. The summed E-state index contributed by atoms with van der Waals surface area (Å²) in [7, 11) is 0. The average molecular weight is 268 g/mol. The monoisotopic (exact) mass is 267 g/mol. The quantitative estimate of drug-likeness (QED) is 0.910. The molecule has 4 nitrogen and oxygen atoms in total. The number of hydrogen-bond acceptors (Lipinski definition) is 3. The lowest BCUT2D eigenvalue weighted by molar-refractivity contribution is 0.443. The Labute approximate surface area is 95.8 Å². The van der Waals surface area contributed by atoms with Gasteiger partial charge in [-0.3, -0.25) is 5.10 Å². The predicted octanol–water partition coefficient (Wildman–Crippen LogP) is 2.98. The molecule has 78 valence electrons. The van der Waals surface area contributed by atoms with Gasteiger partial charge in [-0.1, -0.05) is 0 Å². The highest BCUT2D eigenvalue weighted by molar-refractivity contribution is 9.10. The van der Waals surface area contributed by atoms with Gasteiger partial charge in [0, 0.05) is 28.5 Å². The number of nitrogens with zero attached hydrogens (tertiary/aromatic N) is 2. The van der Waals surface area contributed by atoms with E-state index in [0.29, 0.717) is 11.8 Å². The minimum atomic E-state index is 0.529. The molecule has 2 aromatic heterocycles. The molecule has 0 fully saturated rings. The first-order chi connectivity index (χ1) is 7.15. The number of aryl methyl sites for hydroxylation is 2. The minimum absolute atomic E-state index is 0.529. The molecule has 0 atom stereocenters. The van der Waals surface area contributed by atoms with Gasteiger partial charge in [0.15, 0.2) is 0 Å². The van der Waals surface area contributed by atoms with Crippen molar-refractivity contribution in [2.45, 2.75) is 13.8 Å². The molecule has 0 bridgehead atoms. The molecular weight excluding hydrogens is 258 g/mol. The molecule has 0 radical (unpaired) electrons. The van der Waals surface area contributed by atoms with Gasteiger partial charge in [-0.15, -0.1) is 5.10 Å². The normalized spacial score (nSPS) is 10.3. The first-order valence-corrected chi connectivity index (χ1v) is 5.26. The molecule has 0 aliphatic rings. The maximum Gasteiger partial charge on any atom is 0.240 e. The van der Waals surface area contributed by atoms with Crippen molar-refractivity contribution in [2.75, 3.05) is 0 Å². The van der Waals surface area contributed by atoms with Crippen LogP contribution in [0, 0.1) is 13.8 Å². The molecule has 15 heavy (non-hydrogen) atoms. The van der Waals surface area contributed by atoms with Crippen LogP contribution in [-0.4, -0.2) is 15.2 Å². The number of ether oxygens (including phenoxy) is 1. The highest BCUT2D eigenvalue weighted by atomic mass is 79.9. The molecule has 2 aromatic rings. The van der Waals surface area contributed by atoms with Gasteiger partial charge in [0.25, 0.3) is 0 Å². The number of aromatic amines is 1. The van der Waals surface area contributed by atoms with Crippen molar-refractivity contribution in [3.8, 4) is 11.8 Å². The van der Waals surface area contributed by atoms with E-state index >= 15 is 0 Å². The number of rotatable bonds is 2. The van der Waals surface area contributed by atoms with Crippen molar-refractivity contribution in [3.05, 3.63) is 34.1 Å². The number of nitrogens with one attached hydrogen (secondary N) is 1. The Bertz CT molecular complexity index is 481. The molecule has 0 unspecified atom stereocenters. The molecule has 0 amide bonds. The van der Waals surface area contributed by atoms with Crippen LogP contribution in [0.25, 0.3) is 0 Å². The summed E-state index contributed by atoms with van der Waals surface area (Å²) in [5.41, 5.74) is 2.03. The molecule has 0 spiro atoms. The number of hydrogen-bond donors (Lipinski definition) is 1. The fourth-order valence-electron chi connectivity index (χ4n) is 1.12. The Morgan fingerprint density at radius 2 is 2.07 bits per heavy atom. The van der Waals surface area contributed by atoms with Crippen molar-refractivity contribution in [2.24, 2.45) is 0 Å². The second-order valence-corrected chi connectivity index (χ2v) is 4.12. The smallest absolute Gasteiger partial charge is 0.240 e.